The van der Waals surface area contributed by atoms with Crippen molar-refractivity contribution in [3.63, 3.8) is 0 Å². The summed E-state index contributed by atoms with van der Waals surface area (Å²) < 4.78 is 5.61. The summed E-state index contributed by atoms with van der Waals surface area (Å²) in [6.45, 7) is 13.6. The van der Waals surface area contributed by atoms with Gasteiger partial charge < -0.3 is 9.63 Å². The van der Waals surface area contributed by atoms with Gasteiger partial charge in [-0.15, -0.1) is 11.3 Å². The van der Waals surface area contributed by atoms with E-state index in [-0.39, 0.29) is 6.42 Å². The summed E-state index contributed by atoms with van der Waals surface area (Å²) in [5.41, 5.74) is 5.46. The number of aromatic nitrogens is 2. The first kappa shape index (κ1) is 23.2. The normalized spacial score (nSPS) is 11.4. The highest BCUT2D eigenvalue weighted by Gasteiger charge is 2.18. The van der Waals surface area contributed by atoms with E-state index in [0.29, 0.717) is 18.1 Å². The predicted octanol–water partition coefficient (Wildman–Crippen LogP) is 5.50. The lowest BCUT2D eigenvalue weighted by atomic mass is 9.93. The van der Waals surface area contributed by atoms with Crippen molar-refractivity contribution in [2.24, 2.45) is 0 Å². The van der Waals surface area contributed by atoms with Crippen LogP contribution in [-0.4, -0.2) is 39.2 Å². The number of aryl methyl sites for hydroxylation is 3. The second kappa shape index (κ2) is 10.2. The Morgan fingerprint density at radius 3 is 2.52 bits per heavy atom. The lowest BCUT2D eigenvalue weighted by Gasteiger charge is -2.17. The molecule has 0 aliphatic carbocycles. The number of nitrogens with zero attached hydrogens (tertiary/aromatic N) is 3. The molecule has 6 nitrogen and oxygen atoms in total. The molecule has 7 heteroatoms. The molecule has 3 rings (SSSR count). The zero-order chi connectivity index (χ0) is 22.5. The lowest BCUT2D eigenvalue weighted by Crippen LogP contribution is -2.21. The highest BCUT2D eigenvalue weighted by atomic mass is 32.1. The van der Waals surface area contributed by atoms with Crippen LogP contribution in [0.3, 0.4) is 0 Å². The van der Waals surface area contributed by atoms with E-state index < -0.39 is 5.97 Å². The zero-order valence-electron chi connectivity index (χ0n) is 19.0. The van der Waals surface area contributed by atoms with Gasteiger partial charge in [-0.25, -0.2) is 0 Å². The third kappa shape index (κ3) is 5.40. The molecule has 0 bridgehead atoms. The summed E-state index contributed by atoms with van der Waals surface area (Å²) in [5, 5.41) is 13.3. The third-order valence-electron chi connectivity index (χ3n) is 5.71. The third-order valence-corrected chi connectivity index (χ3v) is 6.92. The Balaban J connectivity index is 1.87. The standard InChI is InChI=1S/C24H31N3O3S/c1-6-17-13-18(11-15(4)19(17)9-10-22(28)29)23-25-24(30-26-23)20-12-16(5)21(31-20)14-27(7-2)8-3/h11-13H,6-10,14H2,1-5H3,(H,28,29). The van der Waals surface area contributed by atoms with Crippen molar-refractivity contribution in [2.45, 2.75) is 60.4 Å². The van der Waals surface area contributed by atoms with Crippen LogP contribution in [0.1, 0.15) is 54.3 Å². The molecule has 0 radical (unpaired) electrons. The molecule has 2 heterocycles. The fourth-order valence-corrected chi connectivity index (χ4v) is 4.94. The van der Waals surface area contributed by atoms with Crippen LogP contribution in [0.4, 0.5) is 0 Å². The maximum Gasteiger partial charge on any atom is 0.303 e. The largest absolute Gasteiger partial charge is 0.481 e. The van der Waals surface area contributed by atoms with Gasteiger partial charge in [0.15, 0.2) is 0 Å². The van der Waals surface area contributed by atoms with E-state index in [2.05, 4.69) is 54.9 Å². The van der Waals surface area contributed by atoms with E-state index in [1.54, 1.807) is 11.3 Å². The Morgan fingerprint density at radius 1 is 1.13 bits per heavy atom. The zero-order valence-corrected chi connectivity index (χ0v) is 19.8. The Morgan fingerprint density at radius 2 is 1.87 bits per heavy atom. The van der Waals surface area contributed by atoms with Gasteiger partial charge in [-0.1, -0.05) is 25.9 Å². The molecule has 0 atom stereocenters. The van der Waals surface area contributed by atoms with Crippen LogP contribution in [0, 0.1) is 13.8 Å². The molecule has 1 aromatic carbocycles. The molecule has 0 saturated heterocycles. The minimum atomic E-state index is -0.778. The van der Waals surface area contributed by atoms with E-state index in [0.717, 1.165) is 53.2 Å². The van der Waals surface area contributed by atoms with Gasteiger partial charge >= 0.3 is 5.97 Å². The molecule has 0 unspecified atom stereocenters. The number of thiophene rings is 1. The topological polar surface area (TPSA) is 79.5 Å². The van der Waals surface area contributed by atoms with Crippen molar-refractivity contribution in [3.8, 4) is 22.2 Å². The van der Waals surface area contributed by atoms with Gasteiger partial charge in [0.1, 0.15) is 0 Å². The smallest absolute Gasteiger partial charge is 0.303 e. The van der Waals surface area contributed by atoms with Gasteiger partial charge in [-0.3, -0.25) is 9.69 Å². The molecular weight excluding hydrogens is 410 g/mol. The molecule has 31 heavy (non-hydrogen) atoms. The molecular formula is C24H31N3O3S. The van der Waals surface area contributed by atoms with Crippen molar-refractivity contribution in [2.75, 3.05) is 13.1 Å². The van der Waals surface area contributed by atoms with Crippen LogP contribution in [-0.2, 0) is 24.2 Å². The van der Waals surface area contributed by atoms with E-state index >= 15 is 0 Å². The highest BCUT2D eigenvalue weighted by Crippen LogP contribution is 2.33. The predicted molar refractivity (Wildman–Crippen MR) is 124 cm³/mol. The quantitative estimate of drug-likeness (QED) is 0.447. The molecule has 0 aliphatic rings. The number of hydrogen-bond acceptors (Lipinski definition) is 6. The Bertz CT molecular complexity index is 1050. The summed E-state index contributed by atoms with van der Waals surface area (Å²) in [4.78, 5) is 20.4. The van der Waals surface area contributed by atoms with Gasteiger partial charge in [0.2, 0.25) is 5.82 Å². The van der Waals surface area contributed by atoms with Crippen molar-refractivity contribution < 1.29 is 14.4 Å². The first-order valence-corrected chi connectivity index (χ1v) is 11.7. The second-order valence-corrected chi connectivity index (χ2v) is 8.92. The molecule has 3 aromatic rings. The molecule has 0 aliphatic heterocycles. The molecule has 0 spiro atoms. The molecule has 0 saturated carbocycles. The monoisotopic (exact) mass is 441 g/mol. The first-order valence-electron chi connectivity index (χ1n) is 10.9. The Hall–Kier alpha value is -2.51. The van der Waals surface area contributed by atoms with Gasteiger partial charge in [0.05, 0.1) is 4.88 Å². The fraction of sp³-hybridized carbons (Fsp3) is 0.458. The van der Waals surface area contributed by atoms with E-state index in [1.165, 1.54) is 10.4 Å². The van der Waals surface area contributed by atoms with Crippen LogP contribution >= 0.6 is 11.3 Å². The van der Waals surface area contributed by atoms with Gasteiger partial charge in [-0.05, 0) is 80.2 Å². The second-order valence-electron chi connectivity index (χ2n) is 7.78. The minimum absolute atomic E-state index is 0.132. The first-order chi connectivity index (χ1) is 14.9. The van der Waals surface area contributed by atoms with Gasteiger partial charge in [0.25, 0.3) is 5.89 Å². The summed E-state index contributed by atoms with van der Waals surface area (Å²) in [5.74, 6) is 0.327. The molecule has 166 valence electrons. The fourth-order valence-electron chi connectivity index (χ4n) is 3.80. The Kier molecular flexibility index (Phi) is 7.62. The van der Waals surface area contributed by atoms with E-state index in [1.807, 2.05) is 13.0 Å². The van der Waals surface area contributed by atoms with Gasteiger partial charge in [0, 0.05) is 23.4 Å². The van der Waals surface area contributed by atoms with Crippen molar-refractivity contribution in [3.05, 3.63) is 45.3 Å². The molecule has 0 fully saturated rings. The maximum atomic E-state index is 11.0. The number of benzene rings is 1. The van der Waals surface area contributed by atoms with E-state index in [9.17, 15) is 4.79 Å². The van der Waals surface area contributed by atoms with E-state index in [4.69, 9.17) is 9.63 Å². The minimum Gasteiger partial charge on any atom is -0.481 e. The van der Waals surface area contributed by atoms with Crippen LogP contribution in [0.5, 0.6) is 0 Å². The number of carbonyl (C=O) groups is 1. The number of rotatable bonds is 10. The number of carboxylic acid groups (broad SMARTS) is 1. The summed E-state index contributed by atoms with van der Waals surface area (Å²) in [6, 6.07) is 6.21. The van der Waals surface area contributed by atoms with Crippen LogP contribution < -0.4 is 0 Å². The number of carboxylic acids is 1. The molecule has 0 amide bonds. The highest BCUT2D eigenvalue weighted by molar-refractivity contribution is 7.15. The SMILES string of the molecule is CCc1cc(-c2noc(-c3cc(C)c(CN(CC)CC)s3)n2)cc(C)c1CCC(=O)O. The number of hydrogen-bond donors (Lipinski definition) is 1. The summed E-state index contributed by atoms with van der Waals surface area (Å²) in [7, 11) is 0. The lowest BCUT2D eigenvalue weighted by molar-refractivity contribution is -0.136. The van der Waals surface area contributed by atoms with Gasteiger partial charge in [-0.2, -0.15) is 4.98 Å². The maximum absolute atomic E-state index is 11.0. The molecule has 2 aromatic heterocycles. The van der Waals surface area contributed by atoms with Crippen molar-refractivity contribution in [1.82, 2.24) is 15.0 Å². The molecule has 1 N–H and O–H groups in total. The average Bonchev–Trinajstić information content (AvgIpc) is 3.37. The Labute approximate surface area is 187 Å². The van der Waals surface area contributed by atoms with Crippen molar-refractivity contribution >= 4 is 17.3 Å². The summed E-state index contributed by atoms with van der Waals surface area (Å²) in [6.07, 6.45) is 1.49. The van der Waals surface area contributed by atoms with Crippen LogP contribution in [0.15, 0.2) is 22.7 Å². The van der Waals surface area contributed by atoms with Crippen molar-refractivity contribution in [1.29, 1.82) is 0 Å². The summed E-state index contributed by atoms with van der Waals surface area (Å²) >= 11 is 1.71. The number of aliphatic carboxylic acids is 1. The average molecular weight is 442 g/mol. The van der Waals surface area contributed by atoms with Crippen LogP contribution in [0.25, 0.3) is 22.2 Å². The van der Waals surface area contributed by atoms with Crippen LogP contribution in [0.2, 0.25) is 0 Å².